The number of aryl methyl sites for hydroxylation is 1. The minimum atomic E-state index is -0.992. The first-order chi connectivity index (χ1) is 8.65. The highest BCUT2D eigenvalue weighted by molar-refractivity contribution is 5.95. The van der Waals surface area contributed by atoms with Gasteiger partial charge in [0.15, 0.2) is 0 Å². The van der Waals surface area contributed by atoms with Crippen molar-refractivity contribution in [1.82, 2.24) is 5.32 Å². The molecule has 0 spiro atoms. The Morgan fingerprint density at radius 2 is 2.00 bits per heavy atom. The van der Waals surface area contributed by atoms with Gasteiger partial charge in [-0.3, -0.25) is 9.59 Å². The number of carboxylic acid groups (broad SMARTS) is 1. The van der Waals surface area contributed by atoms with Crippen LogP contribution in [0.4, 0.5) is 0 Å². The summed E-state index contributed by atoms with van der Waals surface area (Å²) in [6, 6.07) is 1.71. The number of hydrogen-bond donors (Lipinski definition) is 2. The van der Waals surface area contributed by atoms with E-state index in [2.05, 4.69) is 5.32 Å². The van der Waals surface area contributed by atoms with Crippen molar-refractivity contribution in [1.29, 1.82) is 0 Å². The van der Waals surface area contributed by atoms with Gasteiger partial charge in [-0.05, 0) is 26.8 Å². The van der Waals surface area contributed by atoms with Crippen molar-refractivity contribution in [3.63, 3.8) is 0 Å². The van der Waals surface area contributed by atoms with E-state index >= 15 is 0 Å². The van der Waals surface area contributed by atoms with Gasteiger partial charge in [-0.15, -0.1) is 0 Å². The predicted molar refractivity (Wildman–Crippen MR) is 71.3 cm³/mol. The Morgan fingerprint density at radius 3 is 2.42 bits per heavy atom. The molecule has 1 amide bonds. The van der Waals surface area contributed by atoms with Gasteiger partial charge in [-0.2, -0.15) is 0 Å². The molecule has 0 unspecified atom stereocenters. The van der Waals surface area contributed by atoms with E-state index in [1.54, 1.807) is 26.8 Å². The molecule has 0 saturated heterocycles. The number of carbonyl (C=O) groups excluding carboxylic acids is 1. The lowest BCUT2D eigenvalue weighted by Gasteiger charge is -2.19. The van der Waals surface area contributed by atoms with Gasteiger partial charge in [-0.1, -0.05) is 13.8 Å². The number of amides is 1. The van der Waals surface area contributed by atoms with E-state index in [-0.39, 0.29) is 18.4 Å². The van der Waals surface area contributed by atoms with Gasteiger partial charge in [0.1, 0.15) is 11.5 Å². The van der Waals surface area contributed by atoms with Crippen molar-refractivity contribution >= 4 is 11.9 Å². The van der Waals surface area contributed by atoms with Crippen LogP contribution in [-0.2, 0) is 4.79 Å². The molecule has 0 radical (unpaired) electrons. The van der Waals surface area contributed by atoms with Gasteiger partial charge in [-0.25, -0.2) is 0 Å². The molecule has 5 heteroatoms. The Labute approximate surface area is 113 Å². The average Bonchev–Trinajstić information content (AvgIpc) is 2.68. The lowest BCUT2D eigenvalue weighted by molar-refractivity contribution is -0.146. The molecule has 0 aliphatic carbocycles. The van der Waals surface area contributed by atoms with Crippen LogP contribution in [0.3, 0.4) is 0 Å². The number of hydrogen-bond acceptors (Lipinski definition) is 3. The minimum Gasteiger partial charge on any atom is -0.481 e. The molecule has 0 saturated carbocycles. The second-order valence-corrected chi connectivity index (χ2v) is 5.65. The fourth-order valence-electron chi connectivity index (χ4n) is 1.49. The molecule has 0 fully saturated rings. The number of nitrogens with one attached hydrogen (secondary N) is 1. The first-order valence-electron chi connectivity index (χ1n) is 6.27. The Morgan fingerprint density at radius 1 is 1.42 bits per heavy atom. The van der Waals surface area contributed by atoms with E-state index in [9.17, 15) is 9.59 Å². The maximum Gasteiger partial charge on any atom is 0.310 e. The van der Waals surface area contributed by atoms with Crippen molar-refractivity contribution in [2.75, 3.05) is 6.54 Å². The number of furan rings is 1. The third-order valence-corrected chi connectivity index (χ3v) is 3.02. The van der Waals surface area contributed by atoms with E-state index in [0.717, 1.165) is 5.76 Å². The molecule has 5 nitrogen and oxygen atoms in total. The first kappa shape index (κ1) is 15.3. The molecular weight excluding hydrogens is 246 g/mol. The first-order valence-corrected chi connectivity index (χ1v) is 6.27. The molecule has 0 bridgehead atoms. The van der Waals surface area contributed by atoms with Crippen LogP contribution in [0.15, 0.2) is 10.5 Å². The van der Waals surface area contributed by atoms with Crippen molar-refractivity contribution in [3.05, 3.63) is 23.2 Å². The highest BCUT2D eigenvalue weighted by Gasteiger charge is 2.28. The number of carboxylic acids is 1. The molecule has 1 rings (SSSR count). The van der Waals surface area contributed by atoms with Crippen molar-refractivity contribution in [2.24, 2.45) is 5.41 Å². The molecule has 0 aromatic carbocycles. The summed E-state index contributed by atoms with van der Waals surface area (Å²) in [4.78, 5) is 23.0. The zero-order valence-electron chi connectivity index (χ0n) is 12.0. The third-order valence-electron chi connectivity index (χ3n) is 3.02. The second kappa shape index (κ2) is 5.47. The van der Waals surface area contributed by atoms with Gasteiger partial charge in [0, 0.05) is 12.5 Å². The number of carbonyl (C=O) groups is 2. The van der Waals surface area contributed by atoms with Crippen molar-refractivity contribution < 1.29 is 19.1 Å². The van der Waals surface area contributed by atoms with E-state index < -0.39 is 11.4 Å². The molecular formula is C14H21NO4. The quantitative estimate of drug-likeness (QED) is 0.859. The van der Waals surface area contributed by atoms with Crippen LogP contribution in [0.1, 0.15) is 55.5 Å². The lowest BCUT2D eigenvalue weighted by atomic mass is 9.94. The Kier molecular flexibility index (Phi) is 4.39. The smallest absolute Gasteiger partial charge is 0.310 e. The van der Waals surface area contributed by atoms with Crippen LogP contribution in [-0.4, -0.2) is 23.5 Å². The SMILES string of the molecule is Cc1oc(C(C)C)cc1C(=O)NCC(C)(C)C(=O)O. The summed E-state index contributed by atoms with van der Waals surface area (Å²) in [6.45, 7) is 8.89. The largest absolute Gasteiger partial charge is 0.481 e. The fraction of sp³-hybridized carbons (Fsp3) is 0.571. The molecule has 106 valence electrons. The Hall–Kier alpha value is -1.78. The van der Waals surface area contributed by atoms with Crippen LogP contribution in [0.5, 0.6) is 0 Å². The van der Waals surface area contributed by atoms with E-state index in [4.69, 9.17) is 9.52 Å². The maximum absolute atomic E-state index is 12.0. The van der Waals surface area contributed by atoms with Gasteiger partial charge in [0.05, 0.1) is 11.0 Å². The molecule has 0 aliphatic rings. The van der Waals surface area contributed by atoms with E-state index in [1.165, 1.54) is 0 Å². The molecule has 19 heavy (non-hydrogen) atoms. The zero-order chi connectivity index (χ0) is 14.8. The molecule has 1 aromatic rings. The van der Waals surface area contributed by atoms with Crippen LogP contribution < -0.4 is 5.32 Å². The molecule has 1 aromatic heterocycles. The summed E-state index contributed by atoms with van der Waals surface area (Å²) >= 11 is 0. The van der Waals surface area contributed by atoms with Crippen LogP contribution >= 0.6 is 0 Å². The van der Waals surface area contributed by atoms with Crippen LogP contribution in [0, 0.1) is 12.3 Å². The predicted octanol–water partition coefficient (Wildman–Crippen LogP) is 2.55. The average molecular weight is 267 g/mol. The van der Waals surface area contributed by atoms with Gasteiger partial charge in [0.25, 0.3) is 5.91 Å². The number of rotatable bonds is 5. The number of aliphatic carboxylic acids is 1. The monoisotopic (exact) mass is 267 g/mol. The van der Waals surface area contributed by atoms with Gasteiger partial charge >= 0.3 is 5.97 Å². The van der Waals surface area contributed by atoms with E-state index in [0.29, 0.717) is 11.3 Å². The highest BCUT2D eigenvalue weighted by Crippen LogP contribution is 2.22. The minimum absolute atomic E-state index is 0.0722. The summed E-state index contributed by atoms with van der Waals surface area (Å²) in [5.41, 5.74) is -0.529. The maximum atomic E-state index is 12.0. The summed E-state index contributed by atoms with van der Waals surface area (Å²) in [7, 11) is 0. The summed E-state index contributed by atoms with van der Waals surface area (Å²) in [5.74, 6) is 0.257. The fourth-order valence-corrected chi connectivity index (χ4v) is 1.49. The lowest BCUT2D eigenvalue weighted by Crippen LogP contribution is -2.38. The molecule has 2 N–H and O–H groups in total. The Bertz CT molecular complexity index is 486. The standard InChI is InChI=1S/C14H21NO4/c1-8(2)11-6-10(9(3)19-11)12(16)15-7-14(4,5)13(17)18/h6,8H,7H2,1-5H3,(H,15,16)(H,17,18). The second-order valence-electron chi connectivity index (χ2n) is 5.65. The molecule has 0 aliphatic heterocycles. The van der Waals surface area contributed by atoms with Crippen LogP contribution in [0.2, 0.25) is 0 Å². The summed E-state index contributed by atoms with van der Waals surface area (Å²) in [5, 5.41) is 11.6. The normalized spacial score (nSPS) is 11.7. The third kappa shape index (κ3) is 3.59. The van der Waals surface area contributed by atoms with Gasteiger partial charge < -0.3 is 14.8 Å². The van der Waals surface area contributed by atoms with Gasteiger partial charge in [0.2, 0.25) is 0 Å². The Balaban J connectivity index is 2.77. The van der Waals surface area contributed by atoms with Crippen molar-refractivity contribution in [2.45, 2.75) is 40.5 Å². The molecule has 1 heterocycles. The van der Waals surface area contributed by atoms with E-state index in [1.807, 2.05) is 13.8 Å². The van der Waals surface area contributed by atoms with Crippen molar-refractivity contribution in [3.8, 4) is 0 Å². The summed E-state index contributed by atoms with van der Waals surface area (Å²) in [6.07, 6.45) is 0. The summed E-state index contributed by atoms with van der Waals surface area (Å²) < 4.78 is 5.50. The topological polar surface area (TPSA) is 79.5 Å². The zero-order valence-corrected chi connectivity index (χ0v) is 12.0. The molecule has 0 atom stereocenters. The highest BCUT2D eigenvalue weighted by atomic mass is 16.4. The van der Waals surface area contributed by atoms with Crippen LogP contribution in [0.25, 0.3) is 0 Å².